The highest BCUT2D eigenvalue weighted by atomic mass is 79.9. The van der Waals surface area contributed by atoms with Crippen molar-refractivity contribution in [2.45, 2.75) is 0 Å². The lowest BCUT2D eigenvalue weighted by Gasteiger charge is -2.05. The van der Waals surface area contributed by atoms with Crippen LogP contribution in [0.4, 0.5) is 5.69 Å². The summed E-state index contributed by atoms with van der Waals surface area (Å²) in [5, 5.41) is 13.7. The summed E-state index contributed by atoms with van der Waals surface area (Å²) in [4.78, 5) is 9.81. The van der Waals surface area contributed by atoms with E-state index in [1.807, 2.05) is 24.3 Å². The minimum atomic E-state index is -0.475. The van der Waals surface area contributed by atoms with Gasteiger partial charge in [-0.25, -0.2) is 0 Å². The molecule has 0 unspecified atom stereocenters. The van der Waals surface area contributed by atoms with Crippen LogP contribution >= 0.6 is 27.7 Å². The summed E-state index contributed by atoms with van der Waals surface area (Å²) in [6.07, 6.45) is 2.73. The van der Waals surface area contributed by atoms with Gasteiger partial charge in [0.05, 0.1) is 4.92 Å². The normalized spacial score (nSPS) is 11.2. The first-order valence-electron chi connectivity index (χ1n) is 4.03. The van der Waals surface area contributed by atoms with Crippen LogP contribution in [-0.4, -0.2) is 11.2 Å². The molecule has 1 aromatic rings. The van der Waals surface area contributed by atoms with Gasteiger partial charge >= 0.3 is 0 Å². The van der Waals surface area contributed by atoms with Gasteiger partial charge in [-0.3, -0.25) is 10.1 Å². The number of nitro groups is 1. The standard InChI is InChI=1S/C9H9BrN2O2S/c1-15-9(6-12(13)14)11-8-4-2-7(10)3-5-8/h2-6,11H,1H3/b9-6+. The molecule has 0 heterocycles. The predicted octanol–water partition coefficient (Wildman–Crippen LogP) is 3.30. The molecule has 80 valence electrons. The molecule has 0 aliphatic rings. The van der Waals surface area contributed by atoms with E-state index in [0.29, 0.717) is 5.03 Å². The summed E-state index contributed by atoms with van der Waals surface area (Å²) in [5.41, 5.74) is 0.820. The lowest BCUT2D eigenvalue weighted by atomic mass is 10.3. The molecular weight excluding hydrogens is 280 g/mol. The number of benzene rings is 1. The van der Waals surface area contributed by atoms with Crippen molar-refractivity contribution in [3.05, 3.63) is 50.1 Å². The molecule has 1 rings (SSSR count). The van der Waals surface area contributed by atoms with Crippen molar-refractivity contribution in [2.24, 2.45) is 0 Å². The Bertz CT molecular complexity index is 378. The molecular formula is C9H9BrN2O2S. The molecule has 1 aromatic carbocycles. The van der Waals surface area contributed by atoms with Crippen LogP contribution in [0.15, 0.2) is 40.0 Å². The van der Waals surface area contributed by atoms with Crippen molar-refractivity contribution in [1.29, 1.82) is 0 Å². The number of nitrogens with one attached hydrogen (secondary N) is 1. The Morgan fingerprint density at radius 2 is 2.13 bits per heavy atom. The van der Waals surface area contributed by atoms with E-state index >= 15 is 0 Å². The van der Waals surface area contributed by atoms with Crippen molar-refractivity contribution in [3.63, 3.8) is 0 Å². The van der Waals surface area contributed by atoms with Gasteiger partial charge in [0, 0.05) is 10.2 Å². The SMILES string of the molecule is CS/C(=C/[N+](=O)[O-])Nc1ccc(Br)cc1. The molecule has 0 aliphatic heterocycles. The first-order chi connectivity index (χ1) is 7.11. The summed E-state index contributed by atoms with van der Waals surface area (Å²) in [5.74, 6) is 0. The van der Waals surface area contributed by atoms with Crippen LogP contribution in [0, 0.1) is 10.1 Å². The van der Waals surface area contributed by atoms with Gasteiger partial charge in [-0.1, -0.05) is 15.9 Å². The average Bonchev–Trinajstić information content (AvgIpc) is 2.19. The number of halogens is 1. The maximum absolute atomic E-state index is 10.3. The minimum absolute atomic E-state index is 0.475. The fraction of sp³-hybridized carbons (Fsp3) is 0.111. The third kappa shape index (κ3) is 4.35. The fourth-order valence-electron chi connectivity index (χ4n) is 0.907. The monoisotopic (exact) mass is 288 g/mol. The molecule has 0 aliphatic carbocycles. The van der Waals surface area contributed by atoms with E-state index in [2.05, 4.69) is 21.2 Å². The second kappa shape index (κ2) is 5.77. The maximum Gasteiger partial charge on any atom is 0.264 e. The molecule has 1 N–H and O–H groups in total. The zero-order valence-corrected chi connectivity index (χ0v) is 10.3. The van der Waals surface area contributed by atoms with E-state index in [-0.39, 0.29) is 0 Å². The Kier molecular flexibility index (Phi) is 4.64. The average molecular weight is 289 g/mol. The van der Waals surface area contributed by atoms with Crippen LogP contribution in [0.25, 0.3) is 0 Å². The zero-order chi connectivity index (χ0) is 11.3. The Morgan fingerprint density at radius 1 is 1.53 bits per heavy atom. The highest BCUT2D eigenvalue weighted by molar-refractivity contribution is 9.10. The van der Waals surface area contributed by atoms with E-state index in [1.165, 1.54) is 11.8 Å². The topological polar surface area (TPSA) is 55.2 Å². The van der Waals surface area contributed by atoms with E-state index < -0.39 is 4.92 Å². The third-order valence-corrected chi connectivity index (χ3v) is 2.73. The maximum atomic E-state index is 10.3. The Balaban J connectivity index is 2.75. The fourth-order valence-corrected chi connectivity index (χ4v) is 1.58. The quantitative estimate of drug-likeness (QED) is 0.682. The Hall–Kier alpha value is -1.01. The first-order valence-corrected chi connectivity index (χ1v) is 6.05. The van der Waals surface area contributed by atoms with E-state index in [1.54, 1.807) is 6.26 Å². The van der Waals surface area contributed by atoms with Gasteiger partial charge in [0.1, 0.15) is 5.03 Å². The molecule has 6 heteroatoms. The number of thioether (sulfide) groups is 1. The molecule has 4 nitrogen and oxygen atoms in total. The molecule has 0 radical (unpaired) electrons. The molecule has 0 amide bonds. The first kappa shape index (κ1) is 12.1. The van der Waals surface area contributed by atoms with Crippen LogP contribution in [-0.2, 0) is 0 Å². The van der Waals surface area contributed by atoms with Gasteiger partial charge in [0.15, 0.2) is 0 Å². The van der Waals surface area contributed by atoms with Crippen LogP contribution in [0.2, 0.25) is 0 Å². The van der Waals surface area contributed by atoms with Crippen LogP contribution < -0.4 is 5.32 Å². The second-order valence-corrected chi connectivity index (χ2v) is 4.38. The highest BCUT2D eigenvalue weighted by Crippen LogP contribution is 2.19. The number of anilines is 1. The molecule has 0 saturated carbocycles. The van der Waals surface area contributed by atoms with Crippen LogP contribution in [0.1, 0.15) is 0 Å². The van der Waals surface area contributed by atoms with Crippen LogP contribution in [0.5, 0.6) is 0 Å². The third-order valence-electron chi connectivity index (χ3n) is 1.55. The number of hydrogen-bond donors (Lipinski definition) is 1. The predicted molar refractivity (Wildman–Crippen MR) is 66.4 cm³/mol. The van der Waals surface area contributed by atoms with Crippen LogP contribution in [0.3, 0.4) is 0 Å². The van der Waals surface area contributed by atoms with Gasteiger partial charge in [-0.05, 0) is 30.5 Å². The lowest BCUT2D eigenvalue weighted by Crippen LogP contribution is -1.98. The molecule has 0 atom stereocenters. The second-order valence-electron chi connectivity index (χ2n) is 2.61. The van der Waals surface area contributed by atoms with Gasteiger partial charge in [-0.15, -0.1) is 11.8 Å². The highest BCUT2D eigenvalue weighted by Gasteiger charge is 2.01. The van der Waals surface area contributed by atoms with Crippen molar-refractivity contribution < 1.29 is 4.92 Å². The van der Waals surface area contributed by atoms with Gasteiger partial charge in [-0.2, -0.15) is 0 Å². The smallest absolute Gasteiger partial charge is 0.264 e. The van der Waals surface area contributed by atoms with Gasteiger partial charge < -0.3 is 5.32 Å². The summed E-state index contributed by atoms with van der Waals surface area (Å²) in [6, 6.07) is 7.42. The summed E-state index contributed by atoms with van der Waals surface area (Å²) in [7, 11) is 0. The number of hydrogen-bond acceptors (Lipinski definition) is 4. The Labute approximate surface area is 100 Å². The Morgan fingerprint density at radius 3 is 2.60 bits per heavy atom. The molecule has 0 bridgehead atoms. The van der Waals surface area contributed by atoms with E-state index in [4.69, 9.17) is 0 Å². The lowest BCUT2D eigenvalue weighted by molar-refractivity contribution is -0.402. The minimum Gasteiger partial charge on any atom is -0.345 e. The van der Waals surface area contributed by atoms with Crippen molar-refractivity contribution >= 4 is 33.4 Å². The zero-order valence-electron chi connectivity index (χ0n) is 7.94. The number of nitrogens with zero attached hydrogens (tertiary/aromatic N) is 1. The molecule has 15 heavy (non-hydrogen) atoms. The summed E-state index contributed by atoms with van der Waals surface area (Å²) in [6.45, 7) is 0. The molecule has 0 fully saturated rings. The molecule has 0 spiro atoms. The van der Waals surface area contributed by atoms with Gasteiger partial charge in [0.25, 0.3) is 6.20 Å². The van der Waals surface area contributed by atoms with Crippen molar-refractivity contribution in [1.82, 2.24) is 0 Å². The summed E-state index contributed by atoms with van der Waals surface area (Å²) >= 11 is 4.61. The van der Waals surface area contributed by atoms with E-state index in [9.17, 15) is 10.1 Å². The molecule has 0 saturated heterocycles. The summed E-state index contributed by atoms with van der Waals surface area (Å²) < 4.78 is 0.969. The largest absolute Gasteiger partial charge is 0.345 e. The van der Waals surface area contributed by atoms with Crippen molar-refractivity contribution in [3.8, 4) is 0 Å². The number of rotatable bonds is 4. The molecule has 0 aromatic heterocycles. The van der Waals surface area contributed by atoms with Gasteiger partial charge in [0.2, 0.25) is 0 Å². The van der Waals surface area contributed by atoms with Crippen molar-refractivity contribution in [2.75, 3.05) is 11.6 Å². The van der Waals surface area contributed by atoms with E-state index in [0.717, 1.165) is 16.4 Å².